The maximum Gasteiger partial charge on any atom is 0.353 e. The molecular formula is C11H8N2O3S. The van der Waals surface area contributed by atoms with Crippen molar-refractivity contribution >= 4 is 17.7 Å². The summed E-state index contributed by atoms with van der Waals surface area (Å²) in [6.07, 6.45) is 0. The second-order valence-electron chi connectivity index (χ2n) is 3.54. The molecule has 0 radical (unpaired) electrons. The number of hydrogen-bond acceptors (Lipinski definition) is 4. The van der Waals surface area contributed by atoms with Crippen molar-refractivity contribution in [2.24, 2.45) is 0 Å². The minimum absolute atomic E-state index is 0.0794. The van der Waals surface area contributed by atoms with Gasteiger partial charge in [-0.1, -0.05) is 17.8 Å². The van der Waals surface area contributed by atoms with Crippen LogP contribution < -0.4 is 4.74 Å². The zero-order chi connectivity index (χ0) is 11.8. The van der Waals surface area contributed by atoms with E-state index in [0.717, 1.165) is 16.2 Å². The molecule has 0 amide bonds. The first-order valence-corrected chi connectivity index (χ1v) is 5.91. The summed E-state index contributed by atoms with van der Waals surface area (Å²) in [6.45, 7) is 0. The van der Waals surface area contributed by atoms with Gasteiger partial charge in [-0.15, -0.1) is 0 Å². The monoisotopic (exact) mass is 248 g/mol. The summed E-state index contributed by atoms with van der Waals surface area (Å²) < 4.78 is 5.42. The van der Waals surface area contributed by atoms with Gasteiger partial charge >= 0.3 is 5.97 Å². The van der Waals surface area contributed by atoms with Crippen LogP contribution in [0.25, 0.3) is 11.3 Å². The van der Waals surface area contributed by atoms with Crippen LogP contribution in [0, 0.1) is 0 Å². The predicted molar refractivity (Wildman–Crippen MR) is 62.3 cm³/mol. The molecule has 1 aliphatic heterocycles. The van der Waals surface area contributed by atoms with Crippen LogP contribution in [0.4, 0.5) is 0 Å². The lowest BCUT2D eigenvalue weighted by Gasteiger charge is -2.00. The summed E-state index contributed by atoms with van der Waals surface area (Å²) in [7, 11) is 0. The van der Waals surface area contributed by atoms with Gasteiger partial charge in [0.1, 0.15) is 17.4 Å². The lowest BCUT2D eigenvalue weighted by molar-refractivity contribution is 0.0690. The summed E-state index contributed by atoms with van der Waals surface area (Å²) in [5.41, 5.74) is 1.52. The largest absolute Gasteiger partial charge is 0.481 e. The van der Waals surface area contributed by atoms with Gasteiger partial charge in [0.05, 0.1) is 10.6 Å². The van der Waals surface area contributed by atoms with E-state index in [-0.39, 0.29) is 5.69 Å². The van der Waals surface area contributed by atoms with E-state index in [0.29, 0.717) is 11.6 Å². The van der Waals surface area contributed by atoms with Gasteiger partial charge in [0, 0.05) is 5.56 Å². The molecule has 0 fully saturated rings. The lowest BCUT2D eigenvalue weighted by Crippen LogP contribution is -1.95. The first-order valence-electron chi connectivity index (χ1n) is 4.93. The van der Waals surface area contributed by atoms with Crippen LogP contribution in [0.2, 0.25) is 0 Å². The number of aromatic amines is 1. The smallest absolute Gasteiger partial charge is 0.353 e. The van der Waals surface area contributed by atoms with Crippen molar-refractivity contribution < 1.29 is 14.6 Å². The van der Waals surface area contributed by atoms with Gasteiger partial charge in [-0.25, -0.2) is 4.79 Å². The van der Waals surface area contributed by atoms with Gasteiger partial charge in [-0.3, -0.25) is 5.10 Å². The van der Waals surface area contributed by atoms with Gasteiger partial charge in [0.25, 0.3) is 0 Å². The summed E-state index contributed by atoms with van der Waals surface area (Å²) in [5.74, 6) is 0.434. The number of carbonyl (C=O) groups is 1. The molecule has 0 saturated heterocycles. The molecule has 0 spiro atoms. The summed E-state index contributed by atoms with van der Waals surface area (Å²) >= 11 is 1.64. The van der Waals surface area contributed by atoms with Crippen molar-refractivity contribution in [3.63, 3.8) is 0 Å². The number of aromatic nitrogens is 2. The average Bonchev–Trinajstić information content (AvgIpc) is 2.97. The number of nitrogens with one attached hydrogen (secondary N) is 1. The molecule has 1 aromatic carbocycles. The molecule has 2 N–H and O–H groups in total. The second-order valence-corrected chi connectivity index (χ2v) is 4.50. The van der Waals surface area contributed by atoms with Crippen LogP contribution in [0.1, 0.15) is 10.5 Å². The fourth-order valence-electron chi connectivity index (χ4n) is 1.64. The maximum atomic E-state index is 10.7. The quantitative estimate of drug-likeness (QED) is 0.852. The minimum Gasteiger partial charge on any atom is -0.481 e. The summed E-state index contributed by atoms with van der Waals surface area (Å²) in [6, 6.07) is 7.24. The molecule has 0 unspecified atom stereocenters. The predicted octanol–water partition coefficient (Wildman–Crippen LogP) is 2.22. The molecule has 0 atom stereocenters. The number of hydrogen-bond donors (Lipinski definition) is 2. The Morgan fingerprint density at radius 3 is 3.12 bits per heavy atom. The fraction of sp³-hybridized carbons (Fsp3) is 0.0909. The highest BCUT2D eigenvalue weighted by atomic mass is 32.2. The highest BCUT2D eigenvalue weighted by Crippen LogP contribution is 2.38. The SMILES string of the molecule is O=C(O)c1cc(-c2ccc3c(c2)OCS3)n[nH]1. The van der Waals surface area contributed by atoms with Gasteiger partial charge in [0.2, 0.25) is 0 Å². The molecule has 2 aromatic rings. The van der Waals surface area contributed by atoms with Gasteiger partial charge in [-0.05, 0) is 18.2 Å². The fourth-order valence-corrected chi connectivity index (χ4v) is 2.37. The van der Waals surface area contributed by atoms with Gasteiger partial charge < -0.3 is 9.84 Å². The van der Waals surface area contributed by atoms with E-state index in [2.05, 4.69) is 10.2 Å². The maximum absolute atomic E-state index is 10.7. The first kappa shape index (κ1) is 10.2. The van der Waals surface area contributed by atoms with Crippen LogP contribution in [0.5, 0.6) is 5.75 Å². The third-order valence-corrected chi connectivity index (χ3v) is 3.36. The van der Waals surface area contributed by atoms with Crippen molar-refractivity contribution in [1.29, 1.82) is 0 Å². The molecule has 17 heavy (non-hydrogen) atoms. The Morgan fingerprint density at radius 1 is 1.47 bits per heavy atom. The van der Waals surface area contributed by atoms with E-state index < -0.39 is 5.97 Å². The normalized spacial score (nSPS) is 13.2. The van der Waals surface area contributed by atoms with E-state index in [1.807, 2.05) is 18.2 Å². The topological polar surface area (TPSA) is 75.2 Å². The molecule has 6 heteroatoms. The summed E-state index contributed by atoms with van der Waals surface area (Å²) in [5, 5.41) is 15.2. The highest BCUT2D eigenvalue weighted by molar-refractivity contribution is 7.99. The molecule has 5 nitrogen and oxygen atoms in total. The molecule has 2 heterocycles. The number of nitrogens with zero attached hydrogens (tertiary/aromatic N) is 1. The first-order chi connectivity index (χ1) is 8.24. The van der Waals surface area contributed by atoms with Crippen LogP contribution >= 0.6 is 11.8 Å². The zero-order valence-electron chi connectivity index (χ0n) is 8.64. The number of ether oxygens (including phenoxy) is 1. The van der Waals surface area contributed by atoms with Crippen LogP contribution in [-0.4, -0.2) is 27.2 Å². The molecular weight excluding hydrogens is 240 g/mol. The Balaban J connectivity index is 2.00. The molecule has 1 aliphatic rings. The van der Waals surface area contributed by atoms with E-state index in [1.54, 1.807) is 11.8 Å². The third-order valence-electron chi connectivity index (χ3n) is 2.48. The van der Waals surface area contributed by atoms with Gasteiger partial charge in [0.15, 0.2) is 0 Å². The van der Waals surface area contributed by atoms with E-state index >= 15 is 0 Å². The molecule has 86 valence electrons. The van der Waals surface area contributed by atoms with Crippen molar-refractivity contribution in [1.82, 2.24) is 10.2 Å². The number of carboxylic acid groups (broad SMARTS) is 1. The van der Waals surface area contributed by atoms with E-state index in [9.17, 15) is 4.79 Å². The third kappa shape index (κ3) is 1.76. The van der Waals surface area contributed by atoms with E-state index in [4.69, 9.17) is 9.84 Å². The van der Waals surface area contributed by atoms with Crippen LogP contribution in [-0.2, 0) is 0 Å². The van der Waals surface area contributed by atoms with Crippen LogP contribution in [0.3, 0.4) is 0 Å². The number of thioether (sulfide) groups is 1. The van der Waals surface area contributed by atoms with Crippen molar-refractivity contribution in [2.45, 2.75) is 4.90 Å². The molecule has 3 rings (SSSR count). The number of aromatic carboxylic acids is 1. The number of carboxylic acids is 1. The Morgan fingerprint density at radius 2 is 2.35 bits per heavy atom. The molecule has 1 aromatic heterocycles. The van der Waals surface area contributed by atoms with Crippen molar-refractivity contribution in [3.05, 3.63) is 30.0 Å². The lowest BCUT2D eigenvalue weighted by atomic mass is 10.1. The number of H-pyrrole nitrogens is 1. The highest BCUT2D eigenvalue weighted by Gasteiger charge is 2.15. The number of fused-ring (bicyclic) bond motifs is 1. The molecule has 0 bridgehead atoms. The molecule has 0 aliphatic carbocycles. The second kappa shape index (κ2) is 3.81. The number of benzene rings is 1. The number of rotatable bonds is 2. The average molecular weight is 248 g/mol. The zero-order valence-corrected chi connectivity index (χ0v) is 9.45. The van der Waals surface area contributed by atoms with Crippen molar-refractivity contribution in [3.8, 4) is 17.0 Å². The summed E-state index contributed by atoms with van der Waals surface area (Å²) in [4.78, 5) is 11.8. The Hall–Kier alpha value is -1.95. The van der Waals surface area contributed by atoms with E-state index in [1.165, 1.54) is 6.07 Å². The standard InChI is InChI=1S/C11H8N2O3S/c14-11(15)8-4-7(12-13-8)6-1-2-10-9(3-6)16-5-17-10/h1-4H,5H2,(H,12,13)(H,14,15). The van der Waals surface area contributed by atoms with Crippen LogP contribution in [0.15, 0.2) is 29.2 Å². The molecule has 0 saturated carbocycles. The Bertz CT molecular complexity index is 594. The minimum atomic E-state index is -1.02. The van der Waals surface area contributed by atoms with Crippen molar-refractivity contribution in [2.75, 3.05) is 5.94 Å². The Kier molecular flexibility index (Phi) is 2.29. The Labute approximate surface area is 101 Å². The van der Waals surface area contributed by atoms with Gasteiger partial charge in [-0.2, -0.15) is 5.10 Å².